The van der Waals surface area contributed by atoms with Crippen LogP contribution in [0.5, 0.6) is 5.75 Å². The summed E-state index contributed by atoms with van der Waals surface area (Å²) in [7, 11) is 0. The molecule has 0 aromatic heterocycles. The first-order chi connectivity index (χ1) is 13.3. The Morgan fingerprint density at radius 1 is 0.821 bits per heavy atom. The third kappa shape index (κ3) is 5.20. The molecule has 0 fully saturated rings. The summed E-state index contributed by atoms with van der Waals surface area (Å²) in [6.45, 7) is 3.59. The second kappa shape index (κ2) is 8.57. The first-order valence-electron chi connectivity index (χ1n) is 8.99. The van der Waals surface area contributed by atoms with Gasteiger partial charge in [0.25, 0.3) is 6.08 Å². The van der Waals surface area contributed by atoms with Gasteiger partial charge in [-0.3, -0.25) is 0 Å². The van der Waals surface area contributed by atoms with Crippen molar-refractivity contribution in [2.45, 2.75) is 25.9 Å². The molecular formula is C24H21ClF2O. The summed E-state index contributed by atoms with van der Waals surface area (Å²) in [5.74, 6) is 0.590. The van der Waals surface area contributed by atoms with Crippen molar-refractivity contribution in [3.05, 3.63) is 95.5 Å². The smallest absolute Gasteiger partial charge is 0.274 e. The lowest BCUT2D eigenvalue weighted by atomic mass is 9.92. The SMILES string of the molecule is CC(C)(CC(=C(F)F)c1ccc(-c2ccccc2)cc1)Oc1ccc(Cl)cc1. The van der Waals surface area contributed by atoms with Gasteiger partial charge in [-0.15, -0.1) is 0 Å². The third-order valence-electron chi connectivity index (χ3n) is 4.38. The zero-order valence-corrected chi connectivity index (χ0v) is 16.5. The average molecular weight is 399 g/mol. The molecule has 3 aromatic rings. The lowest BCUT2D eigenvalue weighted by molar-refractivity contribution is 0.114. The van der Waals surface area contributed by atoms with Crippen molar-refractivity contribution in [2.24, 2.45) is 0 Å². The maximum Gasteiger partial charge on any atom is 0.274 e. The molecule has 0 spiro atoms. The molecule has 0 saturated carbocycles. The van der Waals surface area contributed by atoms with E-state index in [1.165, 1.54) is 0 Å². The van der Waals surface area contributed by atoms with E-state index in [0.717, 1.165) is 11.1 Å². The van der Waals surface area contributed by atoms with Crippen LogP contribution in [0.15, 0.2) is 84.9 Å². The van der Waals surface area contributed by atoms with Crippen LogP contribution < -0.4 is 4.74 Å². The predicted octanol–water partition coefficient (Wildman–Crippen LogP) is 7.86. The van der Waals surface area contributed by atoms with Crippen molar-refractivity contribution in [3.8, 4) is 16.9 Å². The lowest BCUT2D eigenvalue weighted by Gasteiger charge is -2.27. The summed E-state index contributed by atoms with van der Waals surface area (Å²) in [6.07, 6.45) is -1.62. The molecule has 0 N–H and O–H groups in total. The van der Waals surface area contributed by atoms with Crippen molar-refractivity contribution in [1.29, 1.82) is 0 Å². The molecule has 28 heavy (non-hydrogen) atoms. The summed E-state index contributed by atoms with van der Waals surface area (Å²) in [5, 5.41) is 0.596. The van der Waals surface area contributed by atoms with Crippen LogP contribution in [0.2, 0.25) is 5.02 Å². The van der Waals surface area contributed by atoms with Crippen LogP contribution in [0, 0.1) is 0 Å². The Balaban J connectivity index is 1.80. The second-order valence-electron chi connectivity index (χ2n) is 7.17. The van der Waals surface area contributed by atoms with Crippen LogP contribution in [0.1, 0.15) is 25.8 Å². The van der Waals surface area contributed by atoms with Gasteiger partial charge in [0.1, 0.15) is 11.4 Å². The fraction of sp³-hybridized carbons (Fsp3) is 0.167. The summed E-state index contributed by atoms with van der Waals surface area (Å²) in [5.41, 5.74) is 1.70. The summed E-state index contributed by atoms with van der Waals surface area (Å²) in [6, 6.07) is 23.9. The average Bonchev–Trinajstić information content (AvgIpc) is 2.68. The highest BCUT2D eigenvalue weighted by atomic mass is 35.5. The van der Waals surface area contributed by atoms with Gasteiger partial charge in [0, 0.05) is 17.0 Å². The summed E-state index contributed by atoms with van der Waals surface area (Å²) in [4.78, 5) is 0. The Hall–Kier alpha value is -2.65. The number of benzene rings is 3. The van der Waals surface area contributed by atoms with Gasteiger partial charge in [-0.1, -0.05) is 66.2 Å². The Morgan fingerprint density at radius 3 is 1.96 bits per heavy atom. The molecule has 0 radical (unpaired) electrons. The maximum absolute atomic E-state index is 13.7. The van der Waals surface area contributed by atoms with E-state index in [1.807, 2.05) is 42.5 Å². The summed E-state index contributed by atoms with van der Waals surface area (Å²) < 4.78 is 33.4. The van der Waals surface area contributed by atoms with Crippen LogP contribution in [-0.2, 0) is 0 Å². The first-order valence-corrected chi connectivity index (χ1v) is 9.36. The van der Waals surface area contributed by atoms with Gasteiger partial charge < -0.3 is 4.74 Å². The van der Waals surface area contributed by atoms with Crippen molar-refractivity contribution in [3.63, 3.8) is 0 Å². The molecule has 0 atom stereocenters. The van der Waals surface area contributed by atoms with Gasteiger partial charge >= 0.3 is 0 Å². The molecule has 4 heteroatoms. The minimum atomic E-state index is -1.69. The topological polar surface area (TPSA) is 9.23 Å². The molecule has 0 bridgehead atoms. The van der Waals surface area contributed by atoms with Crippen LogP contribution >= 0.6 is 11.6 Å². The molecule has 0 heterocycles. The highest BCUT2D eigenvalue weighted by Gasteiger charge is 2.25. The molecule has 3 aromatic carbocycles. The molecular weight excluding hydrogens is 378 g/mol. The molecule has 0 aliphatic heterocycles. The normalized spacial score (nSPS) is 11.2. The van der Waals surface area contributed by atoms with Crippen LogP contribution in [0.25, 0.3) is 16.7 Å². The van der Waals surface area contributed by atoms with Crippen molar-refractivity contribution >= 4 is 17.2 Å². The molecule has 0 saturated heterocycles. The van der Waals surface area contributed by atoms with Crippen LogP contribution in [0.3, 0.4) is 0 Å². The zero-order valence-electron chi connectivity index (χ0n) is 15.8. The quantitative estimate of drug-likeness (QED) is 0.410. The van der Waals surface area contributed by atoms with E-state index >= 15 is 0 Å². The molecule has 0 aliphatic carbocycles. The number of hydrogen-bond donors (Lipinski definition) is 0. The van der Waals surface area contributed by atoms with Gasteiger partial charge in [0.05, 0.1) is 0 Å². The Kier molecular flexibility index (Phi) is 6.15. The van der Waals surface area contributed by atoms with E-state index < -0.39 is 11.7 Å². The predicted molar refractivity (Wildman–Crippen MR) is 112 cm³/mol. The van der Waals surface area contributed by atoms with Crippen molar-refractivity contribution in [1.82, 2.24) is 0 Å². The van der Waals surface area contributed by atoms with Gasteiger partial charge in [0.15, 0.2) is 0 Å². The van der Waals surface area contributed by atoms with Gasteiger partial charge in [-0.25, -0.2) is 0 Å². The highest BCUT2D eigenvalue weighted by Crippen LogP contribution is 2.33. The maximum atomic E-state index is 13.7. The van der Waals surface area contributed by atoms with E-state index in [2.05, 4.69) is 0 Å². The molecule has 0 unspecified atom stereocenters. The second-order valence-corrected chi connectivity index (χ2v) is 7.61. The number of ether oxygens (including phenoxy) is 1. The standard InChI is InChI=1S/C24H21ClF2O/c1-24(2,28-21-14-12-20(25)13-15-21)16-22(23(26)27)19-10-8-18(9-11-19)17-6-4-3-5-7-17/h3-15H,16H2,1-2H3. The Morgan fingerprint density at radius 2 is 1.39 bits per heavy atom. The monoisotopic (exact) mass is 398 g/mol. The first kappa shape index (κ1) is 20.1. The van der Waals surface area contributed by atoms with E-state index in [1.54, 1.807) is 50.2 Å². The minimum Gasteiger partial charge on any atom is -0.488 e. The van der Waals surface area contributed by atoms with E-state index in [4.69, 9.17) is 16.3 Å². The highest BCUT2D eigenvalue weighted by molar-refractivity contribution is 6.30. The number of halogens is 3. The number of rotatable bonds is 6. The molecule has 1 nitrogen and oxygen atoms in total. The van der Waals surface area contributed by atoms with Crippen molar-refractivity contribution in [2.75, 3.05) is 0 Å². The van der Waals surface area contributed by atoms with E-state index in [9.17, 15) is 8.78 Å². The molecule has 0 aliphatic rings. The van der Waals surface area contributed by atoms with Crippen LogP contribution in [0.4, 0.5) is 8.78 Å². The molecule has 0 amide bonds. The fourth-order valence-corrected chi connectivity index (χ4v) is 3.18. The van der Waals surface area contributed by atoms with E-state index in [-0.39, 0.29) is 12.0 Å². The largest absolute Gasteiger partial charge is 0.488 e. The van der Waals surface area contributed by atoms with Crippen LogP contribution in [-0.4, -0.2) is 5.60 Å². The third-order valence-corrected chi connectivity index (χ3v) is 4.63. The van der Waals surface area contributed by atoms with Gasteiger partial charge in [-0.2, -0.15) is 8.78 Å². The van der Waals surface area contributed by atoms with Gasteiger partial charge in [0.2, 0.25) is 0 Å². The number of hydrogen-bond acceptors (Lipinski definition) is 1. The Bertz CT molecular complexity index is 942. The minimum absolute atomic E-state index is 0.0152. The van der Waals surface area contributed by atoms with Gasteiger partial charge in [-0.05, 0) is 54.8 Å². The van der Waals surface area contributed by atoms with Crippen molar-refractivity contribution < 1.29 is 13.5 Å². The lowest BCUT2D eigenvalue weighted by Crippen LogP contribution is -2.28. The Labute approximate surface area is 169 Å². The molecule has 3 rings (SSSR count). The summed E-state index contributed by atoms with van der Waals surface area (Å²) >= 11 is 5.88. The molecule has 144 valence electrons. The van der Waals surface area contributed by atoms with E-state index in [0.29, 0.717) is 16.3 Å². The fourth-order valence-electron chi connectivity index (χ4n) is 3.06. The zero-order chi connectivity index (χ0) is 20.1.